The van der Waals surface area contributed by atoms with E-state index in [1.54, 1.807) is 35.0 Å². The Morgan fingerprint density at radius 1 is 1.06 bits per heavy atom. The molecule has 0 atom stereocenters. The first-order valence-electron chi connectivity index (χ1n) is 11.2. The van der Waals surface area contributed by atoms with Crippen molar-refractivity contribution in [1.29, 1.82) is 0 Å². The first-order valence-corrected chi connectivity index (χ1v) is 12.4. The number of anilines is 2. The Labute approximate surface area is 206 Å². The smallest absolute Gasteiger partial charge is 0.261 e. The number of hydrogen-bond acceptors (Lipinski definition) is 7. The molecular weight excluding hydrogens is 472 g/mol. The van der Waals surface area contributed by atoms with E-state index in [1.165, 1.54) is 17.8 Å². The first-order chi connectivity index (χ1) is 16.6. The summed E-state index contributed by atoms with van der Waals surface area (Å²) in [6.07, 6.45) is 7.22. The lowest BCUT2D eigenvalue weighted by Crippen LogP contribution is -2.39. The number of piperidine rings is 1. The lowest BCUT2D eigenvalue weighted by Gasteiger charge is -2.32. The molecule has 0 spiro atoms. The number of aromatic nitrogens is 1. The zero-order valence-corrected chi connectivity index (χ0v) is 20.0. The van der Waals surface area contributed by atoms with Crippen molar-refractivity contribution in [3.63, 3.8) is 0 Å². The summed E-state index contributed by atoms with van der Waals surface area (Å²) in [5.74, 6) is -0.162. The zero-order valence-electron chi connectivity index (χ0n) is 18.5. The number of pyridine rings is 1. The second-order valence-corrected chi connectivity index (χ2v) is 9.89. The predicted molar refractivity (Wildman–Crippen MR) is 137 cm³/mol. The van der Waals surface area contributed by atoms with E-state index in [-0.39, 0.29) is 11.5 Å². The molecule has 0 unspecified atom stereocenters. The number of thiophene rings is 1. The van der Waals surface area contributed by atoms with Gasteiger partial charge in [0.1, 0.15) is 0 Å². The van der Waals surface area contributed by atoms with Gasteiger partial charge in [-0.1, -0.05) is 17.7 Å². The van der Waals surface area contributed by atoms with Crippen LogP contribution in [0.5, 0.6) is 0 Å². The van der Waals surface area contributed by atoms with Crippen molar-refractivity contribution < 1.29 is 4.79 Å². The molecule has 1 amide bonds. The van der Waals surface area contributed by atoms with E-state index in [2.05, 4.69) is 27.2 Å². The summed E-state index contributed by atoms with van der Waals surface area (Å²) in [6, 6.07) is 14.6. The van der Waals surface area contributed by atoms with E-state index in [9.17, 15) is 9.59 Å². The van der Waals surface area contributed by atoms with Crippen LogP contribution in [-0.2, 0) is 0 Å². The Kier molecular flexibility index (Phi) is 6.57. The summed E-state index contributed by atoms with van der Waals surface area (Å²) in [4.78, 5) is 27.7. The normalized spacial score (nSPS) is 15.7. The largest absolute Gasteiger partial charge is 0.370 e. The van der Waals surface area contributed by atoms with E-state index in [4.69, 9.17) is 11.6 Å². The Bertz CT molecular complexity index is 1280. The highest BCUT2D eigenvalue weighted by Crippen LogP contribution is 2.34. The molecule has 8 nitrogen and oxygen atoms in total. The summed E-state index contributed by atoms with van der Waals surface area (Å²) < 4.78 is 2.24. The van der Waals surface area contributed by atoms with Crippen molar-refractivity contribution in [2.75, 3.05) is 29.5 Å². The molecule has 0 aliphatic carbocycles. The van der Waals surface area contributed by atoms with Crippen molar-refractivity contribution in [2.45, 2.75) is 19.3 Å². The second-order valence-electron chi connectivity index (χ2n) is 8.18. The van der Waals surface area contributed by atoms with E-state index < -0.39 is 0 Å². The minimum Gasteiger partial charge on any atom is -0.370 e. The third kappa shape index (κ3) is 4.82. The molecule has 2 aliphatic heterocycles. The van der Waals surface area contributed by atoms with Crippen LogP contribution in [0.3, 0.4) is 0 Å². The number of carbonyl (C=O) groups excluding carboxylic acids is 1. The molecular formula is C24H25ClN6O2S. The van der Waals surface area contributed by atoms with E-state index in [0.717, 1.165) is 48.7 Å². The van der Waals surface area contributed by atoms with Crippen LogP contribution in [0.1, 0.15) is 28.9 Å². The molecule has 2 aliphatic rings. The maximum absolute atomic E-state index is 12.4. The predicted octanol–water partition coefficient (Wildman–Crippen LogP) is 3.64. The summed E-state index contributed by atoms with van der Waals surface area (Å²) >= 11 is 7.18. The third-order valence-electron chi connectivity index (χ3n) is 5.87. The second kappa shape index (κ2) is 9.92. The van der Waals surface area contributed by atoms with Gasteiger partial charge in [0, 0.05) is 31.6 Å². The van der Waals surface area contributed by atoms with Gasteiger partial charge in [0.25, 0.3) is 11.5 Å². The monoisotopic (exact) mass is 496 g/mol. The highest BCUT2D eigenvalue weighted by Gasteiger charge is 2.22. The molecule has 3 N–H and O–H groups in total. The first kappa shape index (κ1) is 22.5. The number of carbonyl (C=O) groups is 1. The number of nitrogens with one attached hydrogen (secondary N) is 3. The summed E-state index contributed by atoms with van der Waals surface area (Å²) in [5, 5.41) is 4.82. The van der Waals surface area contributed by atoms with Gasteiger partial charge in [0.15, 0.2) is 0 Å². The molecule has 5 rings (SSSR count). The fourth-order valence-corrected chi connectivity index (χ4v) is 5.12. The van der Waals surface area contributed by atoms with Crippen molar-refractivity contribution in [3.8, 4) is 5.69 Å². The molecule has 1 aromatic carbocycles. The van der Waals surface area contributed by atoms with Gasteiger partial charge in [0.05, 0.1) is 38.5 Å². The molecule has 1 fully saturated rings. The fourth-order valence-electron chi connectivity index (χ4n) is 4.17. The SMILES string of the molecule is O=C(NCC1=CN(c2ccc(-n3ccccc3=O)cc2N2CCCCC2)NN1)c1ccc(Cl)s1. The standard InChI is InChI=1S/C24H25ClN6O2S/c25-22-10-9-21(34-22)24(33)26-15-17-16-31(28-27-17)19-8-7-18(30-13-5-2-6-23(30)32)14-20(19)29-11-3-1-4-12-29/h2,5-10,13-14,16,27-28H,1,3-4,11-12,15H2,(H,26,33). The maximum Gasteiger partial charge on any atom is 0.261 e. The van der Waals surface area contributed by atoms with Crippen LogP contribution < -0.4 is 31.7 Å². The third-order valence-corrected chi connectivity index (χ3v) is 7.10. The number of halogens is 1. The van der Waals surface area contributed by atoms with Crippen molar-refractivity contribution in [1.82, 2.24) is 20.8 Å². The van der Waals surface area contributed by atoms with Gasteiger partial charge in [-0.2, -0.15) is 0 Å². The Balaban J connectivity index is 1.38. The van der Waals surface area contributed by atoms with Gasteiger partial charge >= 0.3 is 0 Å². The number of amides is 1. The maximum atomic E-state index is 12.4. The topological polar surface area (TPSA) is 81.6 Å². The molecule has 3 aromatic rings. The lowest BCUT2D eigenvalue weighted by molar-refractivity contribution is 0.0960. The van der Waals surface area contributed by atoms with Gasteiger partial charge in [-0.25, -0.2) is 0 Å². The summed E-state index contributed by atoms with van der Waals surface area (Å²) in [5.41, 5.74) is 9.90. The van der Waals surface area contributed by atoms with Gasteiger partial charge in [-0.05, 0) is 55.7 Å². The van der Waals surface area contributed by atoms with Crippen LogP contribution in [0.4, 0.5) is 11.4 Å². The van der Waals surface area contributed by atoms with E-state index in [1.807, 2.05) is 29.4 Å². The summed E-state index contributed by atoms with van der Waals surface area (Å²) in [6.45, 7) is 2.28. The molecule has 0 bridgehead atoms. The van der Waals surface area contributed by atoms with Crippen LogP contribution in [0, 0.1) is 0 Å². The lowest BCUT2D eigenvalue weighted by atomic mass is 10.1. The Morgan fingerprint density at radius 3 is 2.68 bits per heavy atom. The minimum absolute atomic E-state index is 0.0641. The van der Waals surface area contributed by atoms with Crippen molar-refractivity contribution >= 4 is 40.2 Å². The van der Waals surface area contributed by atoms with Gasteiger partial charge in [-0.3, -0.25) is 19.2 Å². The van der Waals surface area contributed by atoms with Crippen LogP contribution in [-0.4, -0.2) is 30.1 Å². The molecule has 0 radical (unpaired) electrons. The molecule has 0 saturated carbocycles. The van der Waals surface area contributed by atoms with Crippen LogP contribution in [0.2, 0.25) is 4.34 Å². The Morgan fingerprint density at radius 2 is 1.91 bits per heavy atom. The van der Waals surface area contributed by atoms with Crippen LogP contribution in [0.25, 0.3) is 5.69 Å². The molecule has 10 heteroatoms. The quantitative estimate of drug-likeness (QED) is 0.483. The van der Waals surface area contributed by atoms with E-state index in [0.29, 0.717) is 15.8 Å². The highest BCUT2D eigenvalue weighted by atomic mass is 35.5. The number of rotatable bonds is 6. The van der Waals surface area contributed by atoms with Gasteiger partial charge in [0.2, 0.25) is 0 Å². The van der Waals surface area contributed by atoms with Crippen molar-refractivity contribution in [3.05, 3.63) is 86.2 Å². The zero-order chi connectivity index (χ0) is 23.5. The average Bonchev–Trinajstić information content (AvgIpc) is 3.52. The van der Waals surface area contributed by atoms with Crippen LogP contribution in [0.15, 0.2) is 71.4 Å². The molecule has 1 saturated heterocycles. The number of nitrogens with zero attached hydrogens (tertiary/aromatic N) is 3. The summed E-state index contributed by atoms with van der Waals surface area (Å²) in [7, 11) is 0. The minimum atomic E-state index is -0.162. The van der Waals surface area contributed by atoms with Crippen molar-refractivity contribution in [2.24, 2.45) is 0 Å². The van der Waals surface area contributed by atoms with E-state index >= 15 is 0 Å². The van der Waals surface area contributed by atoms with Crippen LogP contribution >= 0.6 is 22.9 Å². The van der Waals surface area contributed by atoms with Gasteiger partial charge in [-0.15, -0.1) is 16.9 Å². The Hall–Kier alpha value is -3.27. The molecule has 2 aromatic heterocycles. The number of hydrogen-bond donors (Lipinski definition) is 3. The average molecular weight is 497 g/mol. The molecule has 4 heterocycles. The fraction of sp³-hybridized carbons (Fsp3) is 0.250. The van der Waals surface area contributed by atoms with Gasteiger partial charge < -0.3 is 15.6 Å². The number of benzene rings is 1. The highest BCUT2D eigenvalue weighted by molar-refractivity contribution is 7.18. The number of hydrazine groups is 2. The molecule has 34 heavy (non-hydrogen) atoms. The molecule has 176 valence electrons.